The van der Waals surface area contributed by atoms with Crippen LogP contribution in [0.25, 0.3) is 0 Å². The van der Waals surface area contributed by atoms with E-state index in [-0.39, 0.29) is 5.91 Å². The summed E-state index contributed by atoms with van der Waals surface area (Å²) in [7, 11) is 0. The molecule has 2 N–H and O–H groups in total. The van der Waals surface area contributed by atoms with E-state index >= 15 is 0 Å². The molecule has 138 valence electrons. The van der Waals surface area contributed by atoms with E-state index in [0.29, 0.717) is 31.1 Å². The van der Waals surface area contributed by atoms with Gasteiger partial charge in [0.1, 0.15) is 0 Å². The Kier molecular flexibility index (Phi) is 6.06. The summed E-state index contributed by atoms with van der Waals surface area (Å²) in [5, 5.41) is 12.4. The van der Waals surface area contributed by atoms with Gasteiger partial charge in [0.05, 0.1) is 16.8 Å². The number of nitrogens with one attached hydrogen (secondary N) is 1. The van der Waals surface area contributed by atoms with Crippen molar-refractivity contribution in [2.75, 3.05) is 37.6 Å². The van der Waals surface area contributed by atoms with E-state index in [9.17, 15) is 14.7 Å². The molecule has 0 bridgehead atoms. The summed E-state index contributed by atoms with van der Waals surface area (Å²) in [4.78, 5) is 28.2. The second kappa shape index (κ2) is 7.87. The lowest BCUT2D eigenvalue weighted by atomic mass is 9.99. The predicted octanol–water partition coefficient (Wildman–Crippen LogP) is 2.06. The number of rotatable bonds is 6. The van der Waals surface area contributed by atoms with Gasteiger partial charge < -0.3 is 15.3 Å². The fourth-order valence-electron chi connectivity index (χ4n) is 3.09. The number of carbonyl (C=O) groups is 2. The van der Waals surface area contributed by atoms with Crippen LogP contribution in [0.15, 0.2) is 24.3 Å². The van der Waals surface area contributed by atoms with Crippen LogP contribution in [-0.2, 0) is 4.79 Å². The molecule has 1 aliphatic heterocycles. The summed E-state index contributed by atoms with van der Waals surface area (Å²) >= 11 is 0. The van der Waals surface area contributed by atoms with Crippen LogP contribution >= 0.6 is 0 Å². The number of para-hydroxylation sites is 1. The van der Waals surface area contributed by atoms with Crippen LogP contribution in [0.3, 0.4) is 0 Å². The number of nitrogens with zero attached hydrogens (tertiary/aromatic N) is 2. The first-order valence-corrected chi connectivity index (χ1v) is 8.84. The van der Waals surface area contributed by atoms with Crippen molar-refractivity contribution in [1.82, 2.24) is 10.2 Å². The van der Waals surface area contributed by atoms with Crippen LogP contribution < -0.4 is 10.2 Å². The summed E-state index contributed by atoms with van der Waals surface area (Å²) in [5.74, 6) is -0.448. The number of benzene rings is 1. The van der Waals surface area contributed by atoms with E-state index in [1.165, 1.54) is 0 Å². The van der Waals surface area contributed by atoms with Crippen molar-refractivity contribution in [3.05, 3.63) is 29.8 Å². The van der Waals surface area contributed by atoms with Gasteiger partial charge in [-0.05, 0) is 31.9 Å². The van der Waals surface area contributed by atoms with E-state index in [0.717, 1.165) is 18.8 Å². The second-order valence-electron chi connectivity index (χ2n) is 7.46. The topological polar surface area (TPSA) is 72.9 Å². The van der Waals surface area contributed by atoms with Crippen LogP contribution in [0.2, 0.25) is 0 Å². The number of carbonyl (C=O) groups excluding carboxylic acids is 1. The van der Waals surface area contributed by atoms with Gasteiger partial charge in [0.25, 0.3) is 0 Å². The minimum atomic E-state index is -0.911. The molecular formula is C19H29N3O3. The van der Waals surface area contributed by atoms with Gasteiger partial charge in [0.2, 0.25) is 5.91 Å². The first kappa shape index (κ1) is 19.2. The summed E-state index contributed by atoms with van der Waals surface area (Å²) in [6.07, 6.45) is 0. The molecule has 0 saturated carbocycles. The van der Waals surface area contributed by atoms with Crippen molar-refractivity contribution in [3.8, 4) is 0 Å². The highest BCUT2D eigenvalue weighted by atomic mass is 16.4. The van der Waals surface area contributed by atoms with E-state index in [2.05, 4.69) is 29.0 Å². The zero-order valence-corrected chi connectivity index (χ0v) is 15.6. The molecule has 6 nitrogen and oxygen atoms in total. The van der Waals surface area contributed by atoms with E-state index in [4.69, 9.17) is 0 Å². The molecule has 1 aromatic rings. The Labute approximate surface area is 149 Å². The summed E-state index contributed by atoms with van der Waals surface area (Å²) < 4.78 is 0. The zero-order valence-electron chi connectivity index (χ0n) is 15.6. The van der Waals surface area contributed by atoms with Crippen LogP contribution in [-0.4, -0.2) is 60.1 Å². The number of carboxylic acids is 1. The lowest BCUT2D eigenvalue weighted by molar-refractivity contribution is -0.132. The normalized spacial score (nSPS) is 16.1. The molecule has 0 unspecified atom stereocenters. The van der Waals surface area contributed by atoms with E-state index in [1.807, 2.05) is 26.0 Å². The summed E-state index contributed by atoms with van der Waals surface area (Å²) in [6, 6.07) is 7.08. The molecular weight excluding hydrogens is 318 g/mol. The lowest BCUT2D eigenvalue weighted by Gasteiger charge is -2.44. The summed E-state index contributed by atoms with van der Waals surface area (Å²) in [5.41, 5.74) is 0.495. The van der Waals surface area contributed by atoms with Crippen molar-refractivity contribution < 1.29 is 14.7 Å². The minimum absolute atomic E-state index is 0.0422. The monoisotopic (exact) mass is 347 g/mol. The molecule has 0 spiro atoms. The Morgan fingerprint density at radius 3 is 2.32 bits per heavy atom. The van der Waals surface area contributed by atoms with Gasteiger partial charge in [-0.2, -0.15) is 0 Å². The van der Waals surface area contributed by atoms with Crippen molar-refractivity contribution in [2.24, 2.45) is 5.92 Å². The fourth-order valence-corrected chi connectivity index (χ4v) is 3.09. The van der Waals surface area contributed by atoms with Crippen molar-refractivity contribution in [2.45, 2.75) is 33.2 Å². The molecule has 0 aromatic heterocycles. The third kappa shape index (κ3) is 4.51. The van der Waals surface area contributed by atoms with Crippen molar-refractivity contribution in [1.29, 1.82) is 0 Å². The van der Waals surface area contributed by atoms with Gasteiger partial charge in [-0.15, -0.1) is 0 Å². The Morgan fingerprint density at radius 2 is 1.76 bits per heavy atom. The number of aromatic carboxylic acids is 1. The molecule has 6 heteroatoms. The first-order valence-electron chi connectivity index (χ1n) is 8.84. The zero-order chi connectivity index (χ0) is 18.6. The minimum Gasteiger partial charge on any atom is -0.478 e. The maximum Gasteiger partial charge on any atom is 0.337 e. The smallest absolute Gasteiger partial charge is 0.337 e. The molecule has 1 aromatic carbocycles. The highest BCUT2D eigenvalue weighted by Crippen LogP contribution is 2.24. The fraction of sp³-hybridized carbons (Fsp3) is 0.579. The SMILES string of the molecule is CC(C)CNC(=O)C(C)(C)N1CCN(c2ccccc2C(=O)O)CC1. The molecule has 1 heterocycles. The highest BCUT2D eigenvalue weighted by molar-refractivity contribution is 5.94. The third-order valence-electron chi connectivity index (χ3n) is 4.77. The number of anilines is 1. The molecule has 1 amide bonds. The second-order valence-corrected chi connectivity index (χ2v) is 7.46. The number of amides is 1. The molecule has 0 aliphatic carbocycles. The molecule has 0 radical (unpaired) electrons. The number of hydrogen-bond donors (Lipinski definition) is 2. The number of carboxylic acid groups (broad SMARTS) is 1. The van der Waals surface area contributed by atoms with Crippen LogP contribution in [0, 0.1) is 5.92 Å². The van der Waals surface area contributed by atoms with Gasteiger partial charge in [0, 0.05) is 32.7 Å². The van der Waals surface area contributed by atoms with Gasteiger partial charge in [-0.1, -0.05) is 26.0 Å². The van der Waals surface area contributed by atoms with E-state index < -0.39 is 11.5 Å². The van der Waals surface area contributed by atoms with Crippen LogP contribution in [0.4, 0.5) is 5.69 Å². The number of hydrogen-bond acceptors (Lipinski definition) is 4. The van der Waals surface area contributed by atoms with Gasteiger partial charge in [0.15, 0.2) is 0 Å². The van der Waals surface area contributed by atoms with Gasteiger partial charge >= 0.3 is 5.97 Å². The maximum atomic E-state index is 12.5. The largest absolute Gasteiger partial charge is 0.478 e. The van der Waals surface area contributed by atoms with Gasteiger partial charge in [-0.3, -0.25) is 9.69 Å². The lowest BCUT2D eigenvalue weighted by Crippen LogP contribution is -2.61. The van der Waals surface area contributed by atoms with Gasteiger partial charge in [-0.25, -0.2) is 4.79 Å². The quantitative estimate of drug-likeness (QED) is 0.824. The highest BCUT2D eigenvalue weighted by Gasteiger charge is 2.36. The van der Waals surface area contributed by atoms with Crippen molar-refractivity contribution in [3.63, 3.8) is 0 Å². The Hall–Kier alpha value is -2.08. The molecule has 25 heavy (non-hydrogen) atoms. The van der Waals surface area contributed by atoms with Crippen molar-refractivity contribution >= 4 is 17.6 Å². The Morgan fingerprint density at radius 1 is 1.16 bits per heavy atom. The average molecular weight is 347 g/mol. The number of piperazine rings is 1. The molecule has 2 rings (SSSR count). The standard InChI is InChI=1S/C19H29N3O3/c1-14(2)13-20-18(25)19(3,4)22-11-9-21(10-12-22)16-8-6-5-7-15(16)17(23)24/h5-8,14H,9-13H2,1-4H3,(H,20,25)(H,23,24). The molecule has 1 aliphatic rings. The average Bonchev–Trinajstić information content (AvgIpc) is 2.59. The Bertz CT molecular complexity index is 620. The van der Waals surface area contributed by atoms with Crippen LogP contribution in [0.1, 0.15) is 38.1 Å². The maximum absolute atomic E-state index is 12.5. The first-order chi connectivity index (χ1) is 11.7. The Balaban J connectivity index is 2.02. The molecule has 1 saturated heterocycles. The van der Waals surface area contributed by atoms with E-state index in [1.54, 1.807) is 12.1 Å². The predicted molar refractivity (Wildman–Crippen MR) is 99.1 cm³/mol. The van der Waals surface area contributed by atoms with Crippen LogP contribution in [0.5, 0.6) is 0 Å². The summed E-state index contributed by atoms with van der Waals surface area (Å²) in [6.45, 7) is 11.6. The molecule has 1 fully saturated rings. The third-order valence-corrected chi connectivity index (χ3v) is 4.77. The molecule has 0 atom stereocenters.